The highest BCUT2D eigenvalue weighted by Gasteiger charge is 2.33. The van der Waals surface area contributed by atoms with Crippen LogP contribution in [0.3, 0.4) is 0 Å². The van der Waals surface area contributed by atoms with Gasteiger partial charge in [-0.1, -0.05) is 37.1 Å². The number of ether oxygens (including phenoxy) is 1. The molecule has 4 heterocycles. The Morgan fingerprint density at radius 1 is 0.953 bits per heavy atom. The normalized spacial score (nSPS) is 16.7. The Hall–Kier alpha value is -3.99. The summed E-state index contributed by atoms with van der Waals surface area (Å²) in [5, 5.41) is 4.76. The molecule has 1 saturated heterocycles. The maximum Gasteiger partial charge on any atom is 0.410 e. The van der Waals surface area contributed by atoms with Gasteiger partial charge in [0.2, 0.25) is 5.82 Å². The van der Waals surface area contributed by atoms with Crippen molar-refractivity contribution >= 4 is 17.7 Å². The fourth-order valence-corrected chi connectivity index (χ4v) is 6.04. The van der Waals surface area contributed by atoms with E-state index in [4.69, 9.17) is 25.9 Å². The van der Waals surface area contributed by atoms with Crippen LogP contribution in [-0.4, -0.2) is 54.0 Å². The van der Waals surface area contributed by atoms with Crippen molar-refractivity contribution in [2.75, 3.05) is 13.1 Å². The summed E-state index contributed by atoms with van der Waals surface area (Å²) in [4.78, 5) is 50.4. The number of likely N-dealkylation sites (tertiary alicyclic amines) is 1. The monoisotopic (exact) mass is 606 g/mol. The number of piperidine rings is 1. The molecule has 1 amide bonds. The van der Waals surface area contributed by atoms with E-state index in [0.717, 1.165) is 36.8 Å². The molecule has 226 valence electrons. The number of alkyl halides is 1. The fourth-order valence-electron chi connectivity index (χ4n) is 5.86. The third-order valence-corrected chi connectivity index (χ3v) is 8.36. The van der Waals surface area contributed by atoms with Crippen LogP contribution in [0.1, 0.15) is 76.9 Å². The number of rotatable bonds is 5. The van der Waals surface area contributed by atoms with E-state index in [9.17, 15) is 14.4 Å². The Morgan fingerprint density at radius 2 is 1.63 bits per heavy atom. The van der Waals surface area contributed by atoms with Crippen molar-refractivity contribution in [1.82, 2.24) is 29.2 Å². The number of furan rings is 1. The van der Waals surface area contributed by atoms with Gasteiger partial charge in [0, 0.05) is 30.6 Å². The second-order valence-electron chi connectivity index (χ2n) is 12.3. The van der Waals surface area contributed by atoms with Gasteiger partial charge in [-0.05, 0) is 64.2 Å². The molecule has 12 heteroatoms. The molecule has 3 aliphatic heterocycles. The zero-order valence-corrected chi connectivity index (χ0v) is 25.3. The number of halogens is 1. The van der Waals surface area contributed by atoms with Crippen LogP contribution in [0.15, 0.2) is 50.4 Å². The molecule has 11 nitrogen and oxygen atoms in total. The first-order valence-electron chi connectivity index (χ1n) is 14.8. The molecule has 43 heavy (non-hydrogen) atoms. The van der Waals surface area contributed by atoms with E-state index < -0.39 is 29.0 Å². The molecule has 1 aliphatic carbocycles. The van der Waals surface area contributed by atoms with Gasteiger partial charge < -0.3 is 14.1 Å². The predicted molar refractivity (Wildman–Crippen MR) is 161 cm³/mol. The minimum atomic E-state index is -0.628. The maximum atomic E-state index is 14.0. The molecule has 0 unspecified atom stereocenters. The van der Waals surface area contributed by atoms with Gasteiger partial charge in [0.25, 0.3) is 5.56 Å². The lowest BCUT2D eigenvalue weighted by Crippen LogP contribution is -2.47. The third kappa shape index (κ3) is 5.95. The number of carbonyl (C=O) groups is 1. The highest BCUT2D eigenvalue weighted by Crippen LogP contribution is 2.34. The van der Waals surface area contributed by atoms with E-state index in [1.165, 1.54) is 4.57 Å². The molecule has 2 fully saturated rings. The average Bonchev–Trinajstić information content (AvgIpc) is 3.70. The lowest BCUT2D eigenvalue weighted by atomic mass is 10.0. The molecular formula is C31H35ClN6O5. The Balaban J connectivity index is 1.36. The van der Waals surface area contributed by atoms with Gasteiger partial charge in [-0.25, -0.2) is 19.3 Å². The van der Waals surface area contributed by atoms with Crippen LogP contribution >= 0.6 is 11.6 Å². The predicted octanol–water partition coefficient (Wildman–Crippen LogP) is 5.65. The summed E-state index contributed by atoms with van der Waals surface area (Å²) in [6.07, 6.45) is 4.24. The third-order valence-electron chi connectivity index (χ3n) is 8.05. The molecule has 0 atom stereocenters. The van der Waals surface area contributed by atoms with Crippen molar-refractivity contribution in [3.05, 3.63) is 62.8 Å². The van der Waals surface area contributed by atoms with E-state index in [-0.39, 0.29) is 23.4 Å². The number of nitrogens with zero attached hydrogens (tertiary/aromatic N) is 6. The van der Waals surface area contributed by atoms with Crippen LogP contribution in [-0.2, 0) is 10.6 Å². The maximum absolute atomic E-state index is 14.0. The average molecular weight is 607 g/mol. The molecule has 0 bridgehead atoms. The summed E-state index contributed by atoms with van der Waals surface area (Å²) in [5.41, 5.74) is 0.217. The fraction of sp³-hybridized carbons (Fsp3) is 0.484. The summed E-state index contributed by atoms with van der Waals surface area (Å²) in [5.74, 6) is 1.92. The number of hydrogen-bond acceptors (Lipinski definition) is 8. The van der Waals surface area contributed by atoms with Crippen molar-refractivity contribution in [3.8, 4) is 34.4 Å². The molecule has 2 aromatic rings. The Morgan fingerprint density at radius 3 is 2.28 bits per heavy atom. The molecule has 0 N–H and O–H groups in total. The zero-order chi connectivity index (χ0) is 30.3. The van der Waals surface area contributed by atoms with Crippen molar-refractivity contribution in [1.29, 1.82) is 0 Å². The molecule has 4 aliphatic rings. The first kappa shape index (κ1) is 29.1. The first-order valence-corrected chi connectivity index (χ1v) is 15.3. The quantitative estimate of drug-likeness (QED) is 0.267. The second kappa shape index (κ2) is 11.6. The largest absolute Gasteiger partial charge is 0.453 e. The Bertz CT molecular complexity index is 1710. The summed E-state index contributed by atoms with van der Waals surface area (Å²) in [6, 6.07) is 11.0. The van der Waals surface area contributed by atoms with Gasteiger partial charge in [0.1, 0.15) is 11.4 Å². The van der Waals surface area contributed by atoms with Gasteiger partial charge in [-0.15, -0.1) is 16.7 Å². The molecular weight excluding hydrogens is 572 g/mol. The SMILES string of the molecule is CC(C)(C)OC(=O)N1CCC(n2c(=O)nc3n(C4CCCC4)nc(-c4ccc(-c5ccc(CCl)cc5)o4)nc-3c2=O)CC1. The van der Waals surface area contributed by atoms with Crippen LogP contribution in [0.5, 0.6) is 0 Å². The van der Waals surface area contributed by atoms with E-state index in [1.807, 2.05) is 51.1 Å². The van der Waals surface area contributed by atoms with E-state index in [1.54, 1.807) is 15.6 Å². The summed E-state index contributed by atoms with van der Waals surface area (Å²) < 4.78 is 14.5. The van der Waals surface area contributed by atoms with E-state index in [0.29, 0.717) is 43.3 Å². The van der Waals surface area contributed by atoms with Crippen LogP contribution < -0.4 is 11.2 Å². The number of hydrogen-bond donors (Lipinski definition) is 0. The topological polar surface area (TPSA) is 125 Å². The second-order valence-corrected chi connectivity index (χ2v) is 12.5. The van der Waals surface area contributed by atoms with Gasteiger partial charge in [0.05, 0.1) is 6.04 Å². The van der Waals surface area contributed by atoms with Crippen molar-refractivity contribution in [2.24, 2.45) is 0 Å². The number of aromatic nitrogens is 5. The highest BCUT2D eigenvalue weighted by molar-refractivity contribution is 6.17. The molecule has 0 spiro atoms. The minimum Gasteiger partial charge on any atom is -0.453 e. The molecule has 6 rings (SSSR count). The minimum absolute atomic E-state index is 0.000923. The van der Waals surface area contributed by atoms with E-state index in [2.05, 4.69) is 9.97 Å². The Kier molecular flexibility index (Phi) is 7.85. The van der Waals surface area contributed by atoms with Crippen LogP contribution in [0, 0.1) is 0 Å². The summed E-state index contributed by atoms with van der Waals surface area (Å²) in [6.45, 7) is 6.18. The lowest BCUT2D eigenvalue weighted by Gasteiger charge is -2.33. The van der Waals surface area contributed by atoms with Crippen LogP contribution in [0.4, 0.5) is 4.79 Å². The van der Waals surface area contributed by atoms with Crippen LogP contribution in [0.2, 0.25) is 0 Å². The summed E-state index contributed by atoms with van der Waals surface area (Å²) in [7, 11) is 0. The number of benzene rings is 1. The molecule has 1 saturated carbocycles. The molecule has 0 radical (unpaired) electrons. The lowest BCUT2D eigenvalue weighted by molar-refractivity contribution is 0.0186. The van der Waals surface area contributed by atoms with Crippen LogP contribution in [0.25, 0.3) is 34.4 Å². The highest BCUT2D eigenvalue weighted by atomic mass is 35.5. The van der Waals surface area contributed by atoms with Gasteiger partial charge >= 0.3 is 11.8 Å². The van der Waals surface area contributed by atoms with Crippen molar-refractivity contribution in [3.63, 3.8) is 0 Å². The van der Waals surface area contributed by atoms with Crippen molar-refractivity contribution in [2.45, 2.75) is 82.9 Å². The zero-order valence-electron chi connectivity index (χ0n) is 24.6. The molecule has 1 aromatic heterocycles. The van der Waals surface area contributed by atoms with E-state index >= 15 is 0 Å². The number of fused-ring (bicyclic) bond motifs is 1. The molecule has 1 aromatic carbocycles. The number of amides is 1. The van der Waals surface area contributed by atoms with Gasteiger partial charge in [-0.3, -0.25) is 9.36 Å². The summed E-state index contributed by atoms with van der Waals surface area (Å²) >= 11 is 5.93. The first-order chi connectivity index (χ1) is 20.6. The van der Waals surface area contributed by atoms with Gasteiger partial charge in [-0.2, -0.15) is 4.98 Å². The standard InChI is InChI=1S/C31H35ClN6O5/c1-31(2,3)43-30(41)36-16-14-21(15-17-36)37-28(39)25-27(34-29(37)40)38(22-6-4-5-7-22)35-26(33-25)24-13-12-23(42-24)20-10-8-19(18-32)9-11-20/h8-13,21-22H,4-7,14-18H2,1-3H3. The smallest absolute Gasteiger partial charge is 0.410 e. The van der Waals surface area contributed by atoms with Crippen molar-refractivity contribution < 1.29 is 13.9 Å². The number of carbonyl (C=O) groups excluding carboxylic acids is 1. The Labute approximate surface area is 253 Å². The van der Waals surface area contributed by atoms with Gasteiger partial charge in [0.15, 0.2) is 17.3 Å².